The van der Waals surface area contributed by atoms with Crippen molar-refractivity contribution in [2.45, 2.75) is 64.9 Å². The van der Waals surface area contributed by atoms with Crippen LogP contribution in [0.3, 0.4) is 0 Å². The normalized spacial score (nSPS) is 40.6. The number of furan rings is 1. The van der Waals surface area contributed by atoms with Crippen LogP contribution >= 0.6 is 0 Å². The zero-order chi connectivity index (χ0) is 20.8. The molecule has 6 atom stereocenters. The molecule has 5 rings (SSSR count). The summed E-state index contributed by atoms with van der Waals surface area (Å²) in [5.41, 5.74) is 6.71. The van der Waals surface area contributed by atoms with Gasteiger partial charge < -0.3 is 9.52 Å². The van der Waals surface area contributed by atoms with Gasteiger partial charge in [-0.15, -0.1) is 0 Å². The van der Waals surface area contributed by atoms with Gasteiger partial charge in [0.1, 0.15) is 5.76 Å². The van der Waals surface area contributed by atoms with Gasteiger partial charge in [0.25, 0.3) is 0 Å². The minimum Gasteiger partial charge on any atom is -0.465 e. The van der Waals surface area contributed by atoms with Crippen LogP contribution in [0.15, 0.2) is 57.4 Å². The summed E-state index contributed by atoms with van der Waals surface area (Å²) in [4.78, 5) is 0. The molecule has 4 nitrogen and oxygen atoms in total. The van der Waals surface area contributed by atoms with Crippen molar-refractivity contribution in [2.75, 3.05) is 0 Å². The zero-order valence-electron chi connectivity index (χ0n) is 18.2. The molecule has 0 bridgehead atoms. The van der Waals surface area contributed by atoms with Gasteiger partial charge in [-0.1, -0.05) is 31.6 Å². The van der Waals surface area contributed by atoms with E-state index >= 15 is 0 Å². The fraction of sp³-hybridized carbons (Fsp3) is 0.577. The van der Waals surface area contributed by atoms with E-state index in [1.54, 1.807) is 18.1 Å². The summed E-state index contributed by atoms with van der Waals surface area (Å²) in [6.45, 7) is 4.93. The molecule has 6 unspecified atom stereocenters. The van der Waals surface area contributed by atoms with E-state index in [0.29, 0.717) is 11.3 Å². The first-order valence-corrected chi connectivity index (χ1v) is 11.6. The second-order valence-electron chi connectivity index (χ2n) is 10.2. The van der Waals surface area contributed by atoms with Gasteiger partial charge in [0.05, 0.1) is 12.4 Å². The van der Waals surface area contributed by atoms with Gasteiger partial charge in [0.15, 0.2) is 0 Å². The average Bonchev–Trinajstić information content (AvgIpc) is 3.36. The van der Waals surface area contributed by atoms with Gasteiger partial charge >= 0.3 is 0 Å². The molecular formula is C26H34N2O2. The van der Waals surface area contributed by atoms with E-state index in [9.17, 15) is 5.11 Å². The Labute approximate surface area is 179 Å². The number of hydrazone groups is 1. The Hall–Kier alpha value is -2.07. The second kappa shape index (κ2) is 7.56. The van der Waals surface area contributed by atoms with Gasteiger partial charge in [-0.25, -0.2) is 0 Å². The quantitative estimate of drug-likeness (QED) is 0.384. The Balaban J connectivity index is 1.28. The van der Waals surface area contributed by atoms with Crippen LogP contribution in [0.25, 0.3) is 6.08 Å². The lowest BCUT2D eigenvalue weighted by molar-refractivity contribution is -0.0308. The highest BCUT2D eigenvalue weighted by Gasteiger charge is 2.56. The molecule has 0 aliphatic heterocycles. The van der Waals surface area contributed by atoms with Crippen LogP contribution in [0.2, 0.25) is 0 Å². The van der Waals surface area contributed by atoms with E-state index in [2.05, 4.69) is 36.5 Å². The van der Waals surface area contributed by atoms with E-state index < -0.39 is 0 Å². The Morgan fingerprint density at radius 1 is 1.13 bits per heavy atom. The molecule has 160 valence electrons. The topological polar surface area (TPSA) is 57.8 Å². The van der Waals surface area contributed by atoms with Gasteiger partial charge in [-0.2, -0.15) is 5.10 Å². The number of allylic oxidation sites excluding steroid dienone is 4. The predicted octanol–water partition coefficient (Wildman–Crippen LogP) is 5.69. The van der Waals surface area contributed by atoms with E-state index in [1.165, 1.54) is 25.0 Å². The molecule has 0 spiro atoms. The van der Waals surface area contributed by atoms with Crippen LogP contribution in [0.1, 0.15) is 64.6 Å². The number of aliphatic hydroxyl groups excluding tert-OH is 1. The maximum absolute atomic E-state index is 10.2. The molecule has 4 aliphatic rings. The van der Waals surface area contributed by atoms with Gasteiger partial charge in [-0.05, 0) is 92.4 Å². The third-order valence-corrected chi connectivity index (χ3v) is 8.81. The number of hydrogen-bond acceptors (Lipinski definition) is 4. The Morgan fingerprint density at radius 2 is 2.00 bits per heavy atom. The first kappa shape index (κ1) is 19.9. The van der Waals surface area contributed by atoms with Crippen LogP contribution in [0, 0.1) is 28.6 Å². The molecular weight excluding hydrogens is 372 g/mol. The molecule has 4 heteroatoms. The molecule has 0 amide bonds. The molecule has 1 aromatic rings. The Morgan fingerprint density at radius 3 is 2.83 bits per heavy atom. The zero-order valence-corrected chi connectivity index (χ0v) is 18.2. The lowest BCUT2D eigenvalue weighted by Gasteiger charge is -2.57. The van der Waals surface area contributed by atoms with Crippen molar-refractivity contribution in [3.05, 3.63) is 53.7 Å². The highest BCUT2D eigenvalue weighted by Crippen LogP contribution is 2.64. The van der Waals surface area contributed by atoms with Crippen LogP contribution < -0.4 is 5.43 Å². The molecule has 2 saturated carbocycles. The lowest BCUT2D eigenvalue weighted by Crippen LogP contribution is -2.50. The van der Waals surface area contributed by atoms with Crippen molar-refractivity contribution < 1.29 is 9.52 Å². The fourth-order valence-corrected chi connectivity index (χ4v) is 7.06. The largest absolute Gasteiger partial charge is 0.465 e. The Kier molecular flexibility index (Phi) is 5.01. The molecule has 0 aromatic carbocycles. The number of nitrogens with zero attached hydrogens (tertiary/aromatic N) is 1. The van der Waals surface area contributed by atoms with Gasteiger partial charge in [0, 0.05) is 17.3 Å². The fourth-order valence-electron chi connectivity index (χ4n) is 7.06. The molecule has 2 N–H and O–H groups in total. The Bertz CT molecular complexity index is 896. The average molecular weight is 407 g/mol. The SMILES string of the molecule is CC12CCC(O)CC1=CCC1C2CCC2(C)C(NN=CC=Cc3ccco3)=CCC12. The van der Waals surface area contributed by atoms with E-state index in [1.807, 2.05) is 24.3 Å². The minimum atomic E-state index is -0.127. The second-order valence-corrected chi connectivity index (χ2v) is 10.2. The minimum absolute atomic E-state index is 0.127. The molecule has 2 fully saturated rings. The summed E-state index contributed by atoms with van der Waals surface area (Å²) >= 11 is 0. The number of aliphatic hydroxyl groups is 1. The van der Waals surface area contributed by atoms with Crippen molar-refractivity contribution in [1.82, 2.24) is 5.43 Å². The van der Waals surface area contributed by atoms with Crippen LogP contribution in [-0.4, -0.2) is 17.4 Å². The third kappa shape index (κ3) is 3.20. The molecule has 4 aliphatic carbocycles. The van der Waals surface area contributed by atoms with Crippen molar-refractivity contribution in [3.63, 3.8) is 0 Å². The standard InChI is InChI=1S/C26H34N2O2/c1-25-13-11-19(29)17-18(25)7-8-21-22-9-10-24(26(22,2)14-12-23(21)25)28-27-15-3-5-20-6-4-16-30-20/h3-7,10,15-16,19,21-23,28-29H,8-9,11-14,17H2,1-2H3. The van der Waals surface area contributed by atoms with E-state index in [-0.39, 0.29) is 11.5 Å². The van der Waals surface area contributed by atoms with Crippen molar-refractivity contribution in [1.29, 1.82) is 0 Å². The van der Waals surface area contributed by atoms with Crippen LogP contribution in [0.4, 0.5) is 0 Å². The van der Waals surface area contributed by atoms with Crippen molar-refractivity contribution >= 4 is 12.3 Å². The first-order chi connectivity index (χ1) is 14.5. The summed E-state index contributed by atoms with van der Waals surface area (Å²) in [6.07, 6.45) is 19.9. The van der Waals surface area contributed by atoms with Gasteiger partial charge in [0.2, 0.25) is 0 Å². The lowest BCUT2D eigenvalue weighted by atomic mass is 9.48. The molecule has 1 aromatic heterocycles. The smallest absolute Gasteiger partial charge is 0.126 e. The highest BCUT2D eigenvalue weighted by molar-refractivity contribution is 5.77. The monoisotopic (exact) mass is 406 g/mol. The molecule has 1 heterocycles. The third-order valence-electron chi connectivity index (χ3n) is 8.81. The summed E-state index contributed by atoms with van der Waals surface area (Å²) in [5.74, 6) is 3.02. The number of rotatable bonds is 4. The number of hydrogen-bond donors (Lipinski definition) is 2. The van der Waals surface area contributed by atoms with Crippen molar-refractivity contribution in [3.8, 4) is 0 Å². The number of fused-ring (bicyclic) bond motifs is 5. The van der Waals surface area contributed by atoms with Gasteiger partial charge in [-0.3, -0.25) is 5.43 Å². The predicted molar refractivity (Wildman–Crippen MR) is 121 cm³/mol. The summed E-state index contributed by atoms with van der Waals surface area (Å²) in [7, 11) is 0. The molecule has 0 radical (unpaired) electrons. The van der Waals surface area contributed by atoms with Crippen LogP contribution in [-0.2, 0) is 0 Å². The van der Waals surface area contributed by atoms with Crippen molar-refractivity contribution in [2.24, 2.45) is 33.7 Å². The first-order valence-electron chi connectivity index (χ1n) is 11.6. The highest BCUT2D eigenvalue weighted by atomic mass is 16.3. The maximum atomic E-state index is 10.2. The summed E-state index contributed by atoms with van der Waals surface area (Å²) in [5, 5.41) is 14.6. The molecule has 0 saturated heterocycles. The summed E-state index contributed by atoms with van der Waals surface area (Å²) in [6, 6.07) is 3.81. The maximum Gasteiger partial charge on any atom is 0.126 e. The van der Waals surface area contributed by atoms with E-state index in [0.717, 1.165) is 43.3 Å². The van der Waals surface area contributed by atoms with Crippen LogP contribution in [0.5, 0.6) is 0 Å². The molecule has 30 heavy (non-hydrogen) atoms. The summed E-state index contributed by atoms with van der Waals surface area (Å²) < 4.78 is 5.30. The van der Waals surface area contributed by atoms with E-state index in [4.69, 9.17) is 4.42 Å². The number of nitrogens with one attached hydrogen (secondary N) is 1.